The van der Waals surface area contributed by atoms with Crippen molar-refractivity contribution in [3.05, 3.63) is 53.6 Å². The van der Waals surface area contributed by atoms with Crippen molar-refractivity contribution >= 4 is 21.6 Å². The van der Waals surface area contributed by atoms with Crippen molar-refractivity contribution in [1.82, 2.24) is 19.2 Å². The van der Waals surface area contributed by atoms with Crippen molar-refractivity contribution in [3.8, 4) is 0 Å². The number of halogens is 1. The van der Waals surface area contributed by atoms with Gasteiger partial charge in [-0.25, -0.2) is 13.4 Å². The smallest absolute Gasteiger partial charge is 0.244 e. The van der Waals surface area contributed by atoms with Crippen LogP contribution in [0, 0.1) is 0 Å². The molecule has 0 aromatic carbocycles. The van der Waals surface area contributed by atoms with Crippen LogP contribution in [0.2, 0.25) is 5.15 Å². The van der Waals surface area contributed by atoms with Gasteiger partial charge in [-0.2, -0.15) is 4.31 Å². The third kappa shape index (κ3) is 3.87. The van der Waals surface area contributed by atoms with Crippen molar-refractivity contribution in [2.24, 2.45) is 0 Å². The summed E-state index contributed by atoms with van der Waals surface area (Å²) in [7, 11) is -3.50. The summed E-state index contributed by atoms with van der Waals surface area (Å²) in [5.74, 6) is 0. The van der Waals surface area contributed by atoms with Crippen molar-refractivity contribution in [3.63, 3.8) is 0 Å². The van der Waals surface area contributed by atoms with E-state index in [0.717, 1.165) is 6.54 Å². The molecule has 122 valence electrons. The zero-order chi connectivity index (χ0) is 16.3. The summed E-state index contributed by atoms with van der Waals surface area (Å²) in [4.78, 5) is 10.3. The van der Waals surface area contributed by atoms with Gasteiger partial charge in [-0.1, -0.05) is 11.6 Å². The van der Waals surface area contributed by atoms with Crippen LogP contribution in [-0.4, -0.2) is 53.8 Å². The third-order valence-electron chi connectivity index (χ3n) is 3.82. The normalized spacial score (nSPS) is 17.3. The van der Waals surface area contributed by atoms with E-state index in [1.165, 1.54) is 28.2 Å². The van der Waals surface area contributed by atoms with Gasteiger partial charge in [0.1, 0.15) is 10.0 Å². The Bertz CT molecular complexity index is 745. The van der Waals surface area contributed by atoms with Crippen molar-refractivity contribution in [1.29, 1.82) is 0 Å². The summed E-state index contributed by atoms with van der Waals surface area (Å²) in [6, 6.07) is 6.94. The van der Waals surface area contributed by atoms with Gasteiger partial charge >= 0.3 is 0 Å². The Morgan fingerprint density at radius 3 is 2.35 bits per heavy atom. The molecule has 23 heavy (non-hydrogen) atoms. The molecule has 0 amide bonds. The molecule has 1 saturated heterocycles. The SMILES string of the molecule is O=S(=O)(c1ccc(Cl)nc1)N1CCN(Cc2ccncc2)CC1. The first-order valence-electron chi connectivity index (χ1n) is 7.29. The Morgan fingerprint density at radius 2 is 1.74 bits per heavy atom. The lowest BCUT2D eigenvalue weighted by molar-refractivity contribution is 0.181. The molecule has 2 aromatic rings. The fraction of sp³-hybridized carbons (Fsp3) is 0.333. The number of aromatic nitrogens is 2. The maximum atomic E-state index is 12.6. The standard InChI is InChI=1S/C15H17ClN4O2S/c16-15-2-1-14(11-18-15)23(21,22)20-9-7-19(8-10-20)12-13-3-5-17-6-4-13/h1-6,11H,7-10,12H2. The summed E-state index contributed by atoms with van der Waals surface area (Å²) in [6.07, 6.45) is 4.84. The van der Waals surface area contributed by atoms with Gasteiger partial charge in [0.25, 0.3) is 0 Å². The minimum Gasteiger partial charge on any atom is -0.296 e. The Hall–Kier alpha value is -1.54. The van der Waals surface area contributed by atoms with Crippen LogP contribution in [0.15, 0.2) is 47.8 Å². The van der Waals surface area contributed by atoms with E-state index in [1.807, 2.05) is 12.1 Å². The van der Waals surface area contributed by atoms with Gasteiger partial charge in [0.05, 0.1) is 0 Å². The number of nitrogens with zero attached hydrogens (tertiary/aromatic N) is 4. The zero-order valence-corrected chi connectivity index (χ0v) is 14.0. The van der Waals surface area contributed by atoms with Crippen LogP contribution in [0.25, 0.3) is 0 Å². The van der Waals surface area contributed by atoms with Crippen LogP contribution in [-0.2, 0) is 16.6 Å². The van der Waals surface area contributed by atoms with Crippen LogP contribution in [0.1, 0.15) is 5.56 Å². The first kappa shape index (κ1) is 16.3. The number of sulfonamides is 1. The molecular formula is C15H17ClN4O2S. The maximum Gasteiger partial charge on any atom is 0.244 e. The molecule has 0 unspecified atom stereocenters. The molecule has 1 fully saturated rings. The van der Waals surface area contributed by atoms with E-state index in [9.17, 15) is 8.42 Å². The number of pyridine rings is 2. The lowest BCUT2D eigenvalue weighted by atomic mass is 10.2. The minimum atomic E-state index is -3.50. The highest BCUT2D eigenvalue weighted by molar-refractivity contribution is 7.89. The maximum absolute atomic E-state index is 12.6. The molecule has 6 nitrogen and oxygen atoms in total. The molecule has 0 spiro atoms. The summed E-state index contributed by atoms with van der Waals surface area (Å²) < 4.78 is 26.7. The molecular weight excluding hydrogens is 336 g/mol. The van der Waals surface area contributed by atoms with Gasteiger partial charge in [-0.05, 0) is 29.8 Å². The molecule has 0 bridgehead atoms. The summed E-state index contributed by atoms with van der Waals surface area (Å²) >= 11 is 5.71. The van der Waals surface area contributed by atoms with Gasteiger partial charge in [0, 0.05) is 51.3 Å². The van der Waals surface area contributed by atoms with Crippen LogP contribution in [0.4, 0.5) is 0 Å². The number of hydrogen-bond acceptors (Lipinski definition) is 5. The molecule has 0 aliphatic carbocycles. The average molecular weight is 353 g/mol. The second-order valence-electron chi connectivity index (χ2n) is 5.35. The van der Waals surface area contributed by atoms with E-state index < -0.39 is 10.0 Å². The predicted molar refractivity (Wildman–Crippen MR) is 87.5 cm³/mol. The molecule has 3 rings (SSSR count). The first-order valence-corrected chi connectivity index (χ1v) is 9.10. The largest absolute Gasteiger partial charge is 0.296 e. The van der Waals surface area contributed by atoms with Crippen LogP contribution in [0.5, 0.6) is 0 Å². The third-order valence-corrected chi connectivity index (χ3v) is 5.93. The predicted octanol–water partition coefficient (Wildman–Crippen LogP) is 1.64. The molecule has 1 aliphatic rings. The highest BCUT2D eigenvalue weighted by Gasteiger charge is 2.28. The van der Waals surface area contributed by atoms with E-state index in [2.05, 4.69) is 14.9 Å². The van der Waals surface area contributed by atoms with E-state index in [1.54, 1.807) is 12.4 Å². The summed E-state index contributed by atoms with van der Waals surface area (Å²) in [6.45, 7) is 3.14. The molecule has 8 heteroatoms. The average Bonchev–Trinajstić information content (AvgIpc) is 2.57. The summed E-state index contributed by atoms with van der Waals surface area (Å²) in [5, 5.41) is 0.283. The van der Waals surface area contributed by atoms with Gasteiger partial charge < -0.3 is 0 Å². The summed E-state index contributed by atoms with van der Waals surface area (Å²) in [5.41, 5.74) is 1.18. The van der Waals surface area contributed by atoms with Gasteiger partial charge in [-0.3, -0.25) is 9.88 Å². The quantitative estimate of drug-likeness (QED) is 0.782. The first-order chi connectivity index (χ1) is 11.1. The molecule has 0 saturated carbocycles. The Kier molecular flexibility index (Phi) is 4.91. The molecule has 2 aromatic heterocycles. The molecule has 0 N–H and O–H groups in total. The second kappa shape index (κ2) is 6.92. The molecule has 1 aliphatic heterocycles. The van der Waals surface area contributed by atoms with Crippen LogP contribution >= 0.6 is 11.6 Å². The second-order valence-corrected chi connectivity index (χ2v) is 7.68. The fourth-order valence-corrected chi connectivity index (χ4v) is 4.02. The highest BCUT2D eigenvalue weighted by Crippen LogP contribution is 2.18. The van der Waals surface area contributed by atoms with E-state index in [0.29, 0.717) is 26.2 Å². The lowest BCUT2D eigenvalue weighted by Crippen LogP contribution is -2.48. The van der Waals surface area contributed by atoms with Crippen molar-refractivity contribution in [2.45, 2.75) is 11.4 Å². The number of hydrogen-bond donors (Lipinski definition) is 0. The van der Waals surface area contributed by atoms with Crippen molar-refractivity contribution < 1.29 is 8.42 Å². The number of rotatable bonds is 4. The van der Waals surface area contributed by atoms with Crippen LogP contribution < -0.4 is 0 Å². The minimum absolute atomic E-state index is 0.185. The lowest BCUT2D eigenvalue weighted by Gasteiger charge is -2.33. The molecule has 3 heterocycles. The zero-order valence-electron chi connectivity index (χ0n) is 12.5. The fourth-order valence-electron chi connectivity index (χ4n) is 2.54. The Balaban J connectivity index is 1.63. The molecule has 0 radical (unpaired) electrons. The van der Waals surface area contributed by atoms with E-state index in [-0.39, 0.29) is 10.0 Å². The molecule has 0 atom stereocenters. The van der Waals surface area contributed by atoms with E-state index in [4.69, 9.17) is 11.6 Å². The monoisotopic (exact) mass is 352 g/mol. The van der Waals surface area contributed by atoms with Gasteiger partial charge in [0.15, 0.2) is 0 Å². The highest BCUT2D eigenvalue weighted by atomic mass is 35.5. The number of piperazine rings is 1. The topological polar surface area (TPSA) is 66.4 Å². The van der Waals surface area contributed by atoms with Crippen LogP contribution in [0.3, 0.4) is 0 Å². The van der Waals surface area contributed by atoms with Gasteiger partial charge in [-0.15, -0.1) is 0 Å². The van der Waals surface area contributed by atoms with E-state index >= 15 is 0 Å². The Labute approximate surface area is 140 Å². The van der Waals surface area contributed by atoms with Gasteiger partial charge in [0.2, 0.25) is 10.0 Å². The Morgan fingerprint density at radius 1 is 1.04 bits per heavy atom. The van der Waals surface area contributed by atoms with Crippen molar-refractivity contribution in [2.75, 3.05) is 26.2 Å².